The fourth-order valence-corrected chi connectivity index (χ4v) is 3.85. The lowest BCUT2D eigenvalue weighted by atomic mass is 10.1. The van der Waals surface area contributed by atoms with Crippen LogP contribution in [0.15, 0.2) is 36.7 Å². The number of para-hydroxylation sites is 1. The highest BCUT2D eigenvalue weighted by atomic mass is 16.2. The minimum absolute atomic E-state index is 0.0169. The van der Waals surface area contributed by atoms with Gasteiger partial charge in [0.2, 0.25) is 5.91 Å². The topological polar surface area (TPSA) is 71.0 Å². The van der Waals surface area contributed by atoms with Crippen LogP contribution in [-0.4, -0.2) is 37.9 Å². The van der Waals surface area contributed by atoms with Gasteiger partial charge in [0.15, 0.2) is 5.78 Å². The third-order valence-corrected chi connectivity index (χ3v) is 5.24. The van der Waals surface area contributed by atoms with Gasteiger partial charge in [-0.25, -0.2) is 0 Å². The van der Waals surface area contributed by atoms with E-state index in [0.29, 0.717) is 25.1 Å². The van der Waals surface area contributed by atoms with Crippen molar-refractivity contribution in [3.8, 4) is 0 Å². The van der Waals surface area contributed by atoms with Gasteiger partial charge in [-0.15, -0.1) is 0 Å². The maximum atomic E-state index is 13.3. The Morgan fingerprint density at radius 2 is 2.12 bits per heavy atom. The molecule has 0 spiro atoms. The van der Waals surface area contributed by atoms with Gasteiger partial charge in [0, 0.05) is 53.4 Å². The number of nitrogens with zero attached hydrogens (tertiary/aromatic N) is 3. The summed E-state index contributed by atoms with van der Waals surface area (Å²) in [6.07, 6.45) is 5.10. The molecule has 134 valence electrons. The molecule has 1 aliphatic heterocycles. The fraction of sp³-hybridized carbons (Fsp3) is 0.350. The van der Waals surface area contributed by atoms with Crippen LogP contribution in [0.5, 0.6) is 0 Å². The van der Waals surface area contributed by atoms with E-state index in [1.54, 1.807) is 13.1 Å². The summed E-state index contributed by atoms with van der Waals surface area (Å²) in [5, 5.41) is 7.98. The Labute approximate surface area is 151 Å². The van der Waals surface area contributed by atoms with Crippen LogP contribution in [0.2, 0.25) is 0 Å². The summed E-state index contributed by atoms with van der Waals surface area (Å²) < 4.78 is 1.97. The number of H-pyrrole nitrogens is 1. The maximum Gasteiger partial charge on any atom is 0.245 e. The number of carbonyl (C=O) groups is 2. The third kappa shape index (κ3) is 2.62. The molecule has 2 aromatic heterocycles. The summed E-state index contributed by atoms with van der Waals surface area (Å²) in [7, 11) is 0. The van der Waals surface area contributed by atoms with Crippen molar-refractivity contribution >= 4 is 22.6 Å². The molecule has 3 heterocycles. The van der Waals surface area contributed by atoms with Crippen LogP contribution in [0, 0.1) is 0 Å². The molecule has 1 atom stereocenters. The second-order valence-electron chi connectivity index (χ2n) is 6.83. The van der Waals surface area contributed by atoms with Crippen LogP contribution < -0.4 is 0 Å². The summed E-state index contributed by atoms with van der Waals surface area (Å²) in [6, 6.07) is 7.47. The highest BCUT2D eigenvalue weighted by molar-refractivity contribution is 6.07. The van der Waals surface area contributed by atoms with Gasteiger partial charge in [-0.3, -0.25) is 14.7 Å². The van der Waals surface area contributed by atoms with E-state index < -0.39 is 0 Å². The molecule has 0 saturated carbocycles. The van der Waals surface area contributed by atoms with Crippen LogP contribution in [-0.2, 0) is 17.8 Å². The minimum atomic E-state index is -0.318. The van der Waals surface area contributed by atoms with Gasteiger partial charge >= 0.3 is 0 Å². The van der Waals surface area contributed by atoms with E-state index >= 15 is 0 Å². The van der Waals surface area contributed by atoms with Crippen LogP contribution in [0.25, 0.3) is 10.9 Å². The first-order valence-electron chi connectivity index (χ1n) is 9.00. The number of carbonyl (C=O) groups excluding carboxylic acids is 2. The number of rotatable bonds is 4. The maximum absolute atomic E-state index is 13.3. The number of amides is 1. The van der Waals surface area contributed by atoms with Gasteiger partial charge in [0.25, 0.3) is 0 Å². The zero-order chi connectivity index (χ0) is 18.3. The van der Waals surface area contributed by atoms with Gasteiger partial charge in [0.05, 0.1) is 6.20 Å². The highest BCUT2D eigenvalue weighted by Crippen LogP contribution is 2.29. The first kappa shape index (κ1) is 16.6. The number of fused-ring (bicyclic) bond motifs is 2. The molecule has 4 rings (SSSR count). The molecule has 1 aliphatic rings. The number of aromatic amines is 1. The zero-order valence-corrected chi connectivity index (χ0v) is 15.0. The molecule has 1 N–H and O–H groups in total. The predicted octanol–water partition coefficient (Wildman–Crippen LogP) is 3.10. The first-order chi connectivity index (χ1) is 12.6. The molecular formula is C20H22N4O2. The molecule has 0 unspecified atom stereocenters. The van der Waals surface area contributed by atoms with E-state index in [9.17, 15) is 9.59 Å². The third-order valence-electron chi connectivity index (χ3n) is 5.24. The average molecular weight is 350 g/mol. The van der Waals surface area contributed by atoms with Crippen molar-refractivity contribution in [3.05, 3.63) is 53.5 Å². The number of hydrogen-bond donors (Lipinski definition) is 1. The largest absolute Gasteiger partial charge is 0.336 e. The van der Waals surface area contributed by atoms with Gasteiger partial charge in [-0.05, 0) is 19.4 Å². The van der Waals surface area contributed by atoms with Gasteiger partial charge < -0.3 is 9.47 Å². The Balaban J connectivity index is 1.71. The molecule has 0 radical (unpaired) electrons. The molecule has 0 bridgehead atoms. The molecule has 1 aromatic carbocycles. The summed E-state index contributed by atoms with van der Waals surface area (Å²) in [5.41, 5.74) is 3.80. The van der Waals surface area contributed by atoms with Crippen LogP contribution >= 0.6 is 0 Å². The van der Waals surface area contributed by atoms with Crippen molar-refractivity contribution in [1.29, 1.82) is 0 Å². The van der Waals surface area contributed by atoms with Gasteiger partial charge in [-0.2, -0.15) is 5.10 Å². The Morgan fingerprint density at radius 1 is 1.31 bits per heavy atom. The highest BCUT2D eigenvalue weighted by Gasteiger charge is 2.29. The SMILES string of the molecule is CC[C@@H](C(=O)N1CCc2[nH]ncc2C1)n1cc(C(C)=O)c2ccccc21. The molecular weight excluding hydrogens is 328 g/mol. The van der Waals surface area contributed by atoms with Crippen molar-refractivity contribution in [3.63, 3.8) is 0 Å². The lowest BCUT2D eigenvalue weighted by Crippen LogP contribution is -2.40. The van der Waals surface area contributed by atoms with Crippen LogP contribution in [0.1, 0.15) is 47.9 Å². The van der Waals surface area contributed by atoms with E-state index in [1.165, 1.54) is 0 Å². The smallest absolute Gasteiger partial charge is 0.245 e. The standard InChI is InChI=1S/C20H22N4O2/c1-3-18(20(26)23-9-8-17-14(11-23)10-21-22-17)24-12-16(13(2)25)15-6-4-5-7-19(15)24/h4-7,10,12,18H,3,8-9,11H2,1-2H3,(H,21,22)/t18-/m0/s1. The van der Waals surface area contributed by atoms with Crippen molar-refractivity contribution < 1.29 is 9.59 Å². The molecule has 6 heteroatoms. The Morgan fingerprint density at radius 3 is 2.88 bits per heavy atom. The second-order valence-corrected chi connectivity index (χ2v) is 6.83. The van der Waals surface area contributed by atoms with E-state index in [4.69, 9.17) is 0 Å². The lowest BCUT2D eigenvalue weighted by molar-refractivity contribution is -0.135. The van der Waals surface area contributed by atoms with E-state index in [2.05, 4.69) is 10.2 Å². The molecule has 0 aliphatic carbocycles. The number of hydrogen-bond acceptors (Lipinski definition) is 3. The van der Waals surface area contributed by atoms with E-state index in [1.807, 2.05) is 46.9 Å². The van der Waals surface area contributed by atoms with Gasteiger partial charge in [0.1, 0.15) is 6.04 Å². The van der Waals surface area contributed by atoms with Crippen LogP contribution in [0.4, 0.5) is 0 Å². The summed E-state index contributed by atoms with van der Waals surface area (Å²) >= 11 is 0. The summed E-state index contributed by atoms with van der Waals surface area (Å²) in [5.74, 6) is 0.110. The number of ketones is 1. The number of nitrogens with one attached hydrogen (secondary N) is 1. The Bertz CT molecular complexity index is 985. The van der Waals surface area contributed by atoms with Crippen molar-refractivity contribution in [2.24, 2.45) is 0 Å². The molecule has 26 heavy (non-hydrogen) atoms. The van der Waals surface area contributed by atoms with Crippen molar-refractivity contribution in [2.75, 3.05) is 6.54 Å². The minimum Gasteiger partial charge on any atom is -0.336 e. The normalized spacial score (nSPS) is 15.1. The molecule has 0 saturated heterocycles. The number of aromatic nitrogens is 3. The Hall–Kier alpha value is -2.89. The average Bonchev–Trinajstić information content (AvgIpc) is 3.26. The van der Waals surface area contributed by atoms with Crippen molar-refractivity contribution in [2.45, 2.75) is 39.3 Å². The Kier molecular flexibility index (Phi) is 4.11. The van der Waals surface area contributed by atoms with Crippen molar-refractivity contribution in [1.82, 2.24) is 19.7 Å². The molecule has 6 nitrogen and oxygen atoms in total. The number of Topliss-reactive ketones (excluding diaryl/α,β-unsaturated/α-hetero) is 1. The fourth-order valence-electron chi connectivity index (χ4n) is 3.85. The van der Waals surface area contributed by atoms with E-state index in [-0.39, 0.29) is 17.7 Å². The molecule has 1 amide bonds. The molecule has 0 fully saturated rings. The molecule has 3 aromatic rings. The van der Waals surface area contributed by atoms with Crippen LogP contribution in [0.3, 0.4) is 0 Å². The van der Waals surface area contributed by atoms with E-state index in [0.717, 1.165) is 28.6 Å². The van der Waals surface area contributed by atoms with Gasteiger partial charge in [-0.1, -0.05) is 25.1 Å². The monoisotopic (exact) mass is 350 g/mol. The summed E-state index contributed by atoms with van der Waals surface area (Å²) in [6.45, 7) is 4.85. The summed E-state index contributed by atoms with van der Waals surface area (Å²) in [4.78, 5) is 27.2. The zero-order valence-electron chi connectivity index (χ0n) is 15.0. The number of benzene rings is 1. The lowest BCUT2D eigenvalue weighted by Gasteiger charge is -2.30. The first-order valence-corrected chi connectivity index (χ1v) is 9.00. The quantitative estimate of drug-likeness (QED) is 0.735. The predicted molar refractivity (Wildman–Crippen MR) is 99.0 cm³/mol. The second kappa shape index (κ2) is 6.44.